The summed E-state index contributed by atoms with van der Waals surface area (Å²) >= 11 is 0. The highest BCUT2D eigenvalue weighted by atomic mass is 19.1. The molecule has 0 aliphatic carbocycles. The second-order valence-electron chi connectivity index (χ2n) is 8.80. The lowest BCUT2D eigenvalue weighted by Crippen LogP contribution is -2.41. The Labute approximate surface area is 171 Å². The van der Waals surface area contributed by atoms with Crippen molar-refractivity contribution >= 4 is 24.2 Å². The van der Waals surface area contributed by atoms with E-state index in [0.29, 0.717) is 29.7 Å². The van der Waals surface area contributed by atoms with E-state index in [0.717, 1.165) is 11.4 Å². The summed E-state index contributed by atoms with van der Waals surface area (Å²) in [5.74, 6) is -0.422. The maximum atomic E-state index is 15.3. The van der Waals surface area contributed by atoms with Gasteiger partial charge in [-0.1, -0.05) is 12.1 Å². The number of amides is 1. The van der Waals surface area contributed by atoms with Gasteiger partial charge in [0.05, 0.1) is 17.6 Å². The van der Waals surface area contributed by atoms with Gasteiger partial charge in [-0.3, -0.25) is 9.78 Å². The van der Waals surface area contributed by atoms with E-state index in [9.17, 15) is 4.79 Å². The largest absolute Gasteiger partial charge is 0.497 e. The summed E-state index contributed by atoms with van der Waals surface area (Å²) < 4.78 is 27.3. The normalized spacial score (nSPS) is 19.5. The number of hydrogen-bond donors (Lipinski definition) is 0. The van der Waals surface area contributed by atoms with Gasteiger partial charge < -0.3 is 14.2 Å². The van der Waals surface area contributed by atoms with Gasteiger partial charge in [0.15, 0.2) is 0 Å². The fourth-order valence-electron chi connectivity index (χ4n) is 3.82. The Morgan fingerprint density at radius 1 is 1.17 bits per heavy atom. The van der Waals surface area contributed by atoms with Crippen LogP contribution in [0.3, 0.4) is 0 Å². The van der Waals surface area contributed by atoms with Crippen LogP contribution in [0.2, 0.25) is 0 Å². The number of carbonyl (C=O) groups is 1. The highest BCUT2D eigenvalue weighted by Crippen LogP contribution is 2.38. The monoisotopic (exact) mass is 396 g/mol. The molecular weight excluding hydrogens is 370 g/mol. The molecule has 0 saturated carbocycles. The predicted octanol–water partition coefficient (Wildman–Crippen LogP) is 2.96. The first-order valence-corrected chi connectivity index (χ1v) is 9.99. The summed E-state index contributed by atoms with van der Waals surface area (Å²) in [5.41, 5.74) is 2.07. The summed E-state index contributed by atoms with van der Waals surface area (Å²) in [7, 11) is -0.758. The second-order valence-corrected chi connectivity index (χ2v) is 8.80. The fraction of sp³-hybridized carbons (Fsp3) is 0.455. The zero-order valence-corrected chi connectivity index (χ0v) is 17.6. The van der Waals surface area contributed by atoms with Crippen LogP contribution in [0.1, 0.15) is 44.6 Å². The van der Waals surface area contributed by atoms with Crippen LogP contribution in [0.4, 0.5) is 10.1 Å². The molecule has 2 aromatic rings. The van der Waals surface area contributed by atoms with Gasteiger partial charge >= 0.3 is 7.12 Å². The van der Waals surface area contributed by atoms with Gasteiger partial charge in [-0.25, -0.2) is 4.39 Å². The van der Waals surface area contributed by atoms with Crippen LogP contribution in [-0.4, -0.2) is 35.8 Å². The number of pyridine rings is 1. The summed E-state index contributed by atoms with van der Waals surface area (Å²) in [6.07, 6.45) is 0.670. The maximum Gasteiger partial charge on any atom is 0.497 e. The van der Waals surface area contributed by atoms with Gasteiger partial charge in [0, 0.05) is 34.6 Å². The summed E-state index contributed by atoms with van der Waals surface area (Å²) in [6.45, 7) is 10.1. The van der Waals surface area contributed by atoms with Gasteiger partial charge in [0.2, 0.25) is 5.91 Å². The highest BCUT2D eigenvalue weighted by Gasteiger charge is 2.52. The highest BCUT2D eigenvalue weighted by molar-refractivity contribution is 6.62. The lowest BCUT2D eigenvalue weighted by Gasteiger charge is -2.32. The standard InChI is InChI=1S/C22H26BFN2O3/c1-14-7-6-8-15(25-14)13-19(27)26-12-11-16-18(26)10-9-17(20(16)24)23-28-21(2,3)22(4,5)29-23/h6-10H,11-13H2,1-5H3. The molecule has 3 heterocycles. The van der Waals surface area contributed by atoms with Crippen LogP contribution < -0.4 is 10.4 Å². The van der Waals surface area contributed by atoms with Crippen molar-refractivity contribution in [2.24, 2.45) is 0 Å². The molecule has 2 aliphatic rings. The van der Waals surface area contributed by atoms with Crippen LogP contribution in [-0.2, 0) is 26.9 Å². The van der Waals surface area contributed by atoms with Gasteiger partial charge in [0.25, 0.3) is 0 Å². The van der Waals surface area contributed by atoms with Crippen LogP contribution in [0.15, 0.2) is 30.3 Å². The zero-order chi connectivity index (χ0) is 21.0. The molecule has 1 aromatic heterocycles. The quantitative estimate of drug-likeness (QED) is 0.749. The minimum atomic E-state index is -0.758. The van der Waals surface area contributed by atoms with Crippen molar-refractivity contribution in [2.75, 3.05) is 11.4 Å². The van der Waals surface area contributed by atoms with Gasteiger partial charge in [-0.2, -0.15) is 0 Å². The van der Waals surface area contributed by atoms with E-state index in [1.54, 1.807) is 17.0 Å². The fourth-order valence-corrected chi connectivity index (χ4v) is 3.82. The van der Waals surface area contributed by atoms with E-state index >= 15 is 4.39 Å². The number of halogens is 1. The van der Waals surface area contributed by atoms with E-state index in [1.807, 2.05) is 52.8 Å². The Hall–Kier alpha value is -2.25. The van der Waals surface area contributed by atoms with Crippen molar-refractivity contribution in [3.05, 3.63) is 53.1 Å². The number of fused-ring (bicyclic) bond motifs is 1. The Morgan fingerprint density at radius 3 is 2.52 bits per heavy atom. The molecule has 0 radical (unpaired) electrons. The Bertz CT molecular complexity index is 961. The lowest BCUT2D eigenvalue weighted by atomic mass is 9.77. The molecule has 5 nitrogen and oxygen atoms in total. The van der Waals surface area contributed by atoms with Crippen molar-refractivity contribution in [3.8, 4) is 0 Å². The maximum absolute atomic E-state index is 15.3. The third-order valence-electron chi connectivity index (χ3n) is 6.21. The average molecular weight is 396 g/mol. The molecule has 4 rings (SSSR count). The number of nitrogens with zero attached hydrogens (tertiary/aromatic N) is 2. The van der Waals surface area contributed by atoms with Gasteiger partial charge in [0.1, 0.15) is 5.82 Å². The van der Waals surface area contributed by atoms with Crippen molar-refractivity contribution in [3.63, 3.8) is 0 Å². The molecule has 29 heavy (non-hydrogen) atoms. The minimum Gasteiger partial charge on any atom is -0.399 e. The molecule has 1 amide bonds. The van der Waals surface area contributed by atoms with Crippen LogP contribution in [0.5, 0.6) is 0 Å². The molecule has 1 fully saturated rings. The number of hydrogen-bond acceptors (Lipinski definition) is 4. The minimum absolute atomic E-state index is 0.0790. The zero-order valence-electron chi connectivity index (χ0n) is 17.6. The molecule has 0 unspecified atom stereocenters. The van der Waals surface area contributed by atoms with Crippen molar-refractivity contribution in [2.45, 2.75) is 58.7 Å². The molecule has 0 spiro atoms. The van der Waals surface area contributed by atoms with Gasteiger partial charge in [-0.15, -0.1) is 0 Å². The van der Waals surface area contributed by atoms with Crippen molar-refractivity contribution in [1.29, 1.82) is 0 Å². The first-order chi connectivity index (χ1) is 13.6. The molecule has 1 aromatic carbocycles. The second kappa shape index (κ2) is 6.92. The average Bonchev–Trinajstić information content (AvgIpc) is 3.14. The summed E-state index contributed by atoms with van der Waals surface area (Å²) in [4.78, 5) is 18.9. The SMILES string of the molecule is Cc1cccc(CC(=O)N2CCc3c2ccc(B2OC(C)(C)C(C)(C)O2)c3F)n1. The number of carbonyl (C=O) groups excluding carboxylic acids is 1. The van der Waals surface area contributed by atoms with Crippen molar-refractivity contribution < 1.29 is 18.5 Å². The molecule has 0 atom stereocenters. The first-order valence-electron chi connectivity index (χ1n) is 9.99. The van der Waals surface area contributed by atoms with Crippen LogP contribution in [0.25, 0.3) is 0 Å². The van der Waals surface area contributed by atoms with Crippen LogP contribution >= 0.6 is 0 Å². The molecule has 2 aliphatic heterocycles. The molecular formula is C22H26BFN2O3. The lowest BCUT2D eigenvalue weighted by molar-refractivity contribution is -0.117. The molecule has 152 valence electrons. The number of aromatic nitrogens is 1. The van der Waals surface area contributed by atoms with E-state index in [1.165, 1.54) is 0 Å². The predicted molar refractivity (Wildman–Crippen MR) is 111 cm³/mol. The van der Waals surface area contributed by atoms with Crippen molar-refractivity contribution in [1.82, 2.24) is 4.98 Å². The number of benzene rings is 1. The summed E-state index contributed by atoms with van der Waals surface area (Å²) in [5, 5.41) is 0. The number of aryl methyl sites for hydroxylation is 1. The van der Waals surface area contributed by atoms with E-state index in [-0.39, 0.29) is 18.1 Å². The van der Waals surface area contributed by atoms with E-state index in [2.05, 4.69) is 4.98 Å². The van der Waals surface area contributed by atoms with E-state index in [4.69, 9.17) is 9.31 Å². The van der Waals surface area contributed by atoms with E-state index < -0.39 is 18.3 Å². The summed E-state index contributed by atoms with van der Waals surface area (Å²) in [6, 6.07) is 9.09. The Balaban J connectivity index is 1.57. The van der Waals surface area contributed by atoms with Gasteiger partial charge in [-0.05, 0) is 59.2 Å². The molecule has 7 heteroatoms. The third kappa shape index (κ3) is 3.47. The molecule has 1 saturated heterocycles. The number of rotatable bonds is 3. The number of anilines is 1. The topological polar surface area (TPSA) is 51.7 Å². The van der Waals surface area contributed by atoms with Crippen LogP contribution in [0, 0.1) is 12.7 Å². The third-order valence-corrected chi connectivity index (χ3v) is 6.21. The molecule has 0 N–H and O–H groups in total. The smallest absolute Gasteiger partial charge is 0.399 e. The molecule has 0 bridgehead atoms. The first kappa shape index (κ1) is 20.0. The Morgan fingerprint density at radius 2 is 1.86 bits per heavy atom. The Kier molecular flexibility index (Phi) is 4.78.